The average Bonchev–Trinajstić information content (AvgIpc) is 3.23. The number of nitrogens with zero attached hydrogens (tertiary/aromatic N) is 4. The van der Waals surface area contributed by atoms with E-state index in [0.29, 0.717) is 31.8 Å². The molecule has 1 amide bonds. The van der Waals surface area contributed by atoms with E-state index < -0.39 is 0 Å². The zero-order valence-corrected chi connectivity index (χ0v) is 17.5. The van der Waals surface area contributed by atoms with Crippen LogP contribution in [0.2, 0.25) is 0 Å². The predicted octanol–water partition coefficient (Wildman–Crippen LogP) is 2.94. The molecule has 29 heavy (non-hydrogen) atoms. The summed E-state index contributed by atoms with van der Waals surface area (Å²) in [6.07, 6.45) is 5.20. The number of aromatic nitrogens is 2. The smallest absolute Gasteiger partial charge is 0.257 e. The number of benzene rings is 1. The third-order valence-corrected chi connectivity index (χ3v) is 5.29. The molecule has 7 nitrogen and oxygen atoms in total. The fourth-order valence-electron chi connectivity index (χ4n) is 3.66. The van der Waals surface area contributed by atoms with Crippen LogP contribution in [0, 0.1) is 0 Å². The third kappa shape index (κ3) is 5.16. The molecule has 3 rings (SSSR count). The van der Waals surface area contributed by atoms with E-state index >= 15 is 0 Å². The molecular weight excluding hydrogens is 368 g/mol. The van der Waals surface area contributed by atoms with Crippen LogP contribution in [0.1, 0.15) is 32.3 Å². The van der Waals surface area contributed by atoms with Crippen LogP contribution < -0.4 is 14.4 Å². The van der Waals surface area contributed by atoms with Gasteiger partial charge in [0.15, 0.2) is 5.82 Å². The molecule has 1 aromatic carbocycles. The summed E-state index contributed by atoms with van der Waals surface area (Å²) in [5, 5.41) is 0. The van der Waals surface area contributed by atoms with Gasteiger partial charge in [-0.2, -0.15) is 0 Å². The SMILES string of the molecule is CCN(CC)c1nccnc1OC1CCN(C(=O)CCc2ccccc2OC)C1. The zero-order valence-electron chi connectivity index (χ0n) is 17.5. The zero-order chi connectivity index (χ0) is 20.6. The molecule has 1 unspecified atom stereocenters. The first kappa shape index (κ1) is 20.9. The van der Waals surface area contributed by atoms with Gasteiger partial charge in [0.05, 0.1) is 13.7 Å². The van der Waals surface area contributed by atoms with Crippen LogP contribution in [0.4, 0.5) is 5.82 Å². The molecule has 1 saturated heterocycles. The second kappa shape index (κ2) is 10.1. The molecule has 1 aliphatic rings. The van der Waals surface area contributed by atoms with Gasteiger partial charge in [0, 0.05) is 44.9 Å². The molecule has 1 atom stereocenters. The highest BCUT2D eigenvalue weighted by Crippen LogP contribution is 2.26. The van der Waals surface area contributed by atoms with E-state index in [2.05, 4.69) is 28.7 Å². The van der Waals surface area contributed by atoms with Crippen molar-refractivity contribution in [2.75, 3.05) is 38.2 Å². The Morgan fingerprint density at radius 1 is 1.21 bits per heavy atom. The summed E-state index contributed by atoms with van der Waals surface area (Å²) in [6, 6.07) is 7.83. The first-order chi connectivity index (χ1) is 14.2. The lowest BCUT2D eigenvalue weighted by molar-refractivity contribution is -0.130. The van der Waals surface area contributed by atoms with Crippen LogP contribution in [-0.4, -0.2) is 60.2 Å². The fraction of sp³-hybridized carbons (Fsp3) is 0.500. The van der Waals surface area contributed by atoms with Crippen LogP contribution >= 0.6 is 0 Å². The number of para-hydroxylation sites is 1. The van der Waals surface area contributed by atoms with Crippen molar-refractivity contribution in [2.45, 2.75) is 39.2 Å². The maximum Gasteiger partial charge on any atom is 0.257 e. The van der Waals surface area contributed by atoms with Gasteiger partial charge in [0.2, 0.25) is 5.91 Å². The minimum atomic E-state index is -0.0591. The highest BCUT2D eigenvalue weighted by Gasteiger charge is 2.29. The van der Waals surface area contributed by atoms with Crippen LogP contribution in [0.15, 0.2) is 36.7 Å². The number of hydrogen-bond acceptors (Lipinski definition) is 6. The maximum absolute atomic E-state index is 12.7. The number of anilines is 1. The fourth-order valence-corrected chi connectivity index (χ4v) is 3.66. The van der Waals surface area contributed by atoms with Gasteiger partial charge in [-0.05, 0) is 31.9 Å². The lowest BCUT2D eigenvalue weighted by Gasteiger charge is -2.23. The van der Waals surface area contributed by atoms with Crippen molar-refractivity contribution >= 4 is 11.7 Å². The second-order valence-electron chi connectivity index (χ2n) is 7.04. The Morgan fingerprint density at radius 2 is 1.97 bits per heavy atom. The maximum atomic E-state index is 12.7. The van der Waals surface area contributed by atoms with Gasteiger partial charge in [0.1, 0.15) is 11.9 Å². The number of rotatable bonds is 9. The average molecular weight is 399 g/mol. The van der Waals surface area contributed by atoms with Crippen molar-refractivity contribution in [3.8, 4) is 11.6 Å². The molecule has 0 radical (unpaired) electrons. The van der Waals surface area contributed by atoms with E-state index in [0.717, 1.165) is 36.6 Å². The first-order valence-corrected chi connectivity index (χ1v) is 10.3. The number of carbonyl (C=O) groups excluding carboxylic acids is 1. The van der Waals surface area contributed by atoms with Crippen molar-refractivity contribution in [3.63, 3.8) is 0 Å². The van der Waals surface area contributed by atoms with E-state index in [1.165, 1.54) is 0 Å². The summed E-state index contributed by atoms with van der Waals surface area (Å²) >= 11 is 0. The van der Waals surface area contributed by atoms with Crippen molar-refractivity contribution < 1.29 is 14.3 Å². The molecular formula is C22H30N4O3. The van der Waals surface area contributed by atoms with Gasteiger partial charge in [-0.3, -0.25) is 4.79 Å². The Hall–Kier alpha value is -2.83. The molecule has 1 fully saturated rings. The van der Waals surface area contributed by atoms with Gasteiger partial charge in [0.25, 0.3) is 5.88 Å². The van der Waals surface area contributed by atoms with Gasteiger partial charge < -0.3 is 19.3 Å². The number of ether oxygens (including phenoxy) is 2. The molecule has 0 saturated carbocycles. The Bertz CT molecular complexity index is 810. The van der Waals surface area contributed by atoms with Crippen LogP contribution in [-0.2, 0) is 11.2 Å². The number of likely N-dealkylation sites (tertiary alicyclic amines) is 1. The van der Waals surface area contributed by atoms with E-state index in [1.807, 2.05) is 29.2 Å². The Balaban J connectivity index is 1.56. The van der Waals surface area contributed by atoms with E-state index in [4.69, 9.17) is 9.47 Å². The number of aryl methyl sites for hydroxylation is 1. The Kier molecular flexibility index (Phi) is 7.27. The van der Waals surface area contributed by atoms with Gasteiger partial charge in [-0.1, -0.05) is 18.2 Å². The van der Waals surface area contributed by atoms with Gasteiger partial charge in [-0.15, -0.1) is 0 Å². The molecule has 0 bridgehead atoms. The largest absolute Gasteiger partial charge is 0.496 e. The highest BCUT2D eigenvalue weighted by molar-refractivity contribution is 5.77. The van der Waals surface area contributed by atoms with Crippen LogP contribution in [0.5, 0.6) is 11.6 Å². The number of amides is 1. The normalized spacial score (nSPS) is 16.0. The standard InChI is InChI=1S/C22H30N4O3/c1-4-25(5-2)21-22(24-14-13-23-21)29-18-12-15-26(16-18)20(27)11-10-17-8-6-7-9-19(17)28-3/h6-9,13-14,18H,4-5,10-12,15-16H2,1-3H3. The summed E-state index contributed by atoms with van der Waals surface area (Å²) in [5.41, 5.74) is 1.05. The molecule has 0 N–H and O–H groups in total. The number of hydrogen-bond donors (Lipinski definition) is 0. The summed E-state index contributed by atoms with van der Waals surface area (Å²) in [4.78, 5) is 25.5. The summed E-state index contributed by atoms with van der Waals surface area (Å²) in [6.45, 7) is 7.13. The molecule has 2 heterocycles. The molecule has 1 aliphatic heterocycles. The monoisotopic (exact) mass is 398 g/mol. The van der Waals surface area contributed by atoms with Crippen molar-refractivity contribution in [3.05, 3.63) is 42.2 Å². The van der Waals surface area contributed by atoms with Crippen molar-refractivity contribution in [2.24, 2.45) is 0 Å². The Labute approximate surface area is 172 Å². The third-order valence-electron chi connectivity index (χ3n) is 5.29. The lowest BCUT2D eigenvalue weighted by atomic mass is 10.1. The summed E-state index contributed by atoms with van der Waals surface area (Å²) in [7, 11) is 1.65. The van der Waals surface area contributed by atoms with E-state index in [-0.39, 0.29) is 12.0 Å². The molecule has 0 spiro atoms. The molecule has 156 valence electrons. The second-order valence-corrected chi connectivity index (χ2v) is 7.04. The topological polar surface area (TPSA) is 67.8 Å². The van der Waals surface area contributed by atoms with E-state index in [9.17, 15) is 4.79 Å². The van der Waals surface area contributed by atoms with Crippen LogP contribution in [0.25, 0.3) is 0 Å². The molecule has 0 aliphatic carbocycles. The minimum absolute atomic E-state index is 0.0591. The number of carbonyl (C=O) groups is 1. The lowest BCUT2D eigenvalue weighted by Crippen LogP contribution is -2.31. The van der Waals surface area contributed by atoms with Crippen LogP contribution in [0.3, 0.4) is 0 Å². The van der Waals surface area contributed by atoms with Crippen molar-refractivity contribution in [1.82, 2.24) is 14.9 Å². The highest BCUT2D eigenvalue weighted by atomic mass is 16.5. The van der Waals surface area contributed by atoms with Gasteiger partial charge >= 0.3 is 0 Å². The van der Waals surface area contributed by atoms with Gasteiger partial charge in [-0.25, -0.2) is 9.97 Å². The quantitative estimate of drug-likeness (QED) is 0.647. The van der Waals surface area contributed by atoms with E-state index in [1.54, 1.807) is 19.5 Å². The Morgan fingerprint density at radius 3 is 2.72 bits per heavy atom. The predicted molar refractivity (Wildman–Crippen MR) is 113 cm³/mol. The molecule has 7 heteroatoms. The molecule has 2 aromatic rings. The molecule has 1 aromatic heterocycles. The van der Waals surface area contributed by atoms with Crippen molar-refractivity contribution in [1.29, 1.82) is 0 Å². The number of methoxy groups -OCH3 is 1. The first-order valence-electron chi connectivity index (χ1n) is 10.3. The minimum Gasteiger partial charge on any atom is -0.496 e. The summed E-state index contributed by atoms with van der Waals surface area (Å²) < 4.78 is 11.5. The summed E-state index contributed by atoms with van der Waals surface area (Å²) in [5.74, 6) is 2.28.